The minimum Gasteiger partial charge on any atom is -0.0622 e. The SMILES string of the molecule is C(C=Cc1ccccc1)=Cc1ccccc1.[Fe]. The van der Waals surface area contributed by atoms with Crippen LogP contribution in [0.4, 0.5) is 0 Å². The molecule has 0 radical (unpaired) electrons. The van der Waals surface area contributed by atoms with Crippen LogP contribution in [0, 0.1) is 0 Å². The maximum Gasteiger partial charge on any atom is 0 e. The van der Waals surface area contributed by atoms with E-state index in [1.807, 2.05) is 36.4 Å². The molecule has 0 aliphatic rings. The van der Waals surface area contributed by atoms with Gasteiger partial charge in [-0.15, -0.1) is 0 Å². The van der Waals surface area contributed by atoms with Crippen LogP contribution in [0.1, 0.15) is 11.1 Å². The largest absolute Gasteiger partial charge is 0.0622 e. The van der Waals surface area contributed by atoms with Gasteiger partial charge in [0.05, 0.1) is 0 Å². The maximum atomic E-state index is 2.10. The molecule has 0 atom stereocenters. The van der Waals surface area contributed by atoms with Gasteiger partial charge in [0.25, 0.3) is 0 Å². The van der Waals surface area contributed by atoms with Crippen molar-refractivity contribution in [2.75, 3.05) is 0 Å². The molecule has 0 fully saturated rings. The zero-order valence-corrected chi connectivity index (χ0v) is 10.5. The van der Waals surface area contributed by atoms with Crippen LogP contribution in [0.15, 0.2) is 72.8 Å². The van der Waals surface area contributed by atoms with Crippen molar-refractivity contribution >= 4 is 12.2 Å². The summed E-state index contributed by atoms with van der Waals surface area (Å²) in [5, 5.41) is 0. The third-order valence-corrected chi connectivity index (χ3v) is 2.29. The van der Waals surface area contributed by atoms with Gasteiger partial charge in [0.2, 0.25) is 0 Å². The van der Waals surface area contributed by atoms with Crippen molar-refractivity contribution in [3.05, 3.63) is 83.9 Å². The topological polar surface area (TPSA) is 0 Å². The molecular weight excluding hydrogens is 248 g/mol. The summed E-state index contributed by atoms with van der Waals surface area (Å²) < 4.78 is 0. The monoisotopic (exact) mass is 262 g/mol. The van der Waals surface area contributed by atoms with Gasteiger partial charge in [0.15, 0.2) is 0 Å². The summed E-state index contributed by atoms with van der Waals surface area (Å²) in [7, 11) is 0. The molecule has 2 aromatic carbocycles. The van der Waals surface area contributed by atoms with E-state index in [2.05, 4.69) is 48.6 Å². The molecule has 0 bridgehead atoms. The van der Waals surface area contributed by atoms with E-state index in [4.69, 9.17) is 0 Å². The quantitative estimate of drug-likeness (QED) is 0.567. The van der Waals surface area contributed by atoms with E-state index in [1.165, 1.54) is 11.1 Å². The average molecular weight is 262 g/mol. The summed E-state index contributed by atoms with van der Waals surface area (Å²) in [5.74, 6) is 0. The first-order valence-electron chi connectivity index (χ1n) is 5.40. The molecule has 17 heavy (non-hydrogen) atoms. The van der Waals surface area contributed by atoms with Gasteiger partial charge in [0.1, 0.15) is 0 Å². The Morgan fingerprint density at radius 2 is 0.882 bits per heavy atom. The number of hydrogen-bond donors (Lipinski definition) is 0. The minimum atomic E-state index is 0. The molecule has 0 aliphatic heterocycles. The molecule has 0 nitrogen and oxygen atoms in total. The first-order valence-corrected chi connectivity index (χ1v) is 5.40. The van der Waals surface area contributed by atoms with Gasteiger partial charge in [0, 0.05) is 17.1 Å². The average Bonchev–Trinajstić information content (AvgIpc) is 2.37. The normalized spacial score (nSPS) is 10.6. The molecule has 86 valence electrons. The molecule has 0 aliphatic carbocycles. The zero-order chi connectivity index (χ0) is 11.1. The summed E-state index contributed by atoms with van der Waals surface area (Å²) >= 11 is 0. The fraction of sp³-hybridized carbons (Fsp3) is 0. The van der Waals surface area contributed by atoms with Crippen molar-refractivity contribution in [1.29, 1.82) is 0 Å². The van der Waals surface area contributed by atoms with Crippen LogP contribution >= 0.6 is 0 Å². The smallest absolute Gasteiger partial charge is 0 e. The van der Waals surface area contributed by atoms with E-state index in [1.54, 1.807) is 0 Å². The van der Waals surface area contributed by atoms with Crippen molar-refractivity contribution in [1.82, 2.24) is 0 Å². The van der Waals surface area contributed by atoms with Gasteiger partial charge < -0.3 is 0 Å². The second kappa shape index (κ2) is 7.67. The fourth-order valence-electron chi connectivity index (χ4n) is 1.46. The second-order valence-corrected chi connectivity index (χ2v) is 3.54. The Morgan fingerprint density at radius 3 is 1.24 bits per heavy atom. The Balaban J connectivity index is 0.00000144. The van der Waals surface area contributed by atoms with Gasteiger partial charge in [-0.2, -0.15) is 0 Å². The Labute approximate surface area is 113 Å². The third kappa shape index (κ3) is 4.86. The van der Waals surface area contributed by atoms with E-state index < -0.39 is 0 Å². The molecule has 0 aromatic heterocycles. The predicted molar refractivity (Wildman–Crippen MR) is 71.0 cm³/mol. The Morgan fingerprint density at radius 1 is 0.529 bits per heavy atom. The van der Waals surface area contributed by atoms with Crippen molar-refractivity contribution in [2.24, 2.45) is 0 Å². The van der Waals surface area contributed by atoms with Crippen LogP contribution in [0.25, 0.3) is 12.2 Å². The third-order valence-electron chi connectivity index (χ3n) is 2.29. The molecule has 0 amide bonds. The number of benzene rings is 2. The van der Waals surface area contributed by atoms with E-state index in [9.17, 15) is 0 Å². The maximum absolute atomic E-state index is 2.10. The van der Waals surface area contributed by atoms with E-state index in [0.29, 0.717) is 0 Å². The van der Waals surface area contributed by atoms with Gasteiger partial charge in [-0.25, -0.2) is 0 Å². The molecule has 2 rings (SSSR count). The molecule has 1 heteroatoms. The van der Waals surface area contributed by atoms with Gasteiger partial charge in [-0.05, 0) is 11.1 Å². The fourth-order valence-corrected chi connectivity index (χ4v) is 1.46. The standard InChI is InChI=1S/C16H14.Fe/c1-3-9-15(10-4-1)13-7-8-14-16-11-5-2-6-12-16;/h1-14H;. The Bertz CT molecular complexity index is 422. The van der Waals surface area contributed by atoms with Crippen LogP contribution in [-0.2, 0) is 17.1 Å². The van der Waals surface area contributed by atoms with E-state index >= 15 is 0 Å². The first kappa shape index (κ1) is 13.5. The Kier molecular flexibility index (Phi) is 6.09. The first-order chi connectivity index (χ1) is 7.95. The van der Waals surface area contributed by atoms with Crippen LogP contribution in [-0.4, -0.2) is 0 Å². The molecule has 0 unspecified atom stereocenters. The van der Waals surface area contributed by atoms with Crippen molar-refractivity contribution < 1.29 is 17.1 Å². The van der Waals surface area contributed by atoms with Gasteiger partial charge in [-0.3, -0.25) is 0 Å². The van der Waals surface area contributed by atoms with Crippen LogP contribution in [0.3, 0.4) is 0 Å². The Hall–Kier alpha value is -1.56. The van der Waals surface area contributed by atoms with Crippen molar-refractivity contribution in [3.8, 4) is 0 Å². The summed E-state index contributed by atoms with van der Waals surface area (Å²) in [4.78, 5) is 0. The summed E-state index contributed by atoms with van der Waals surface area (Å²) in [6.45, 7) is 0. The molecule has 0 spiro atoms. The predicted octanol–water partition coefficient (Wildman–Crippen LogP) is 4.41. The summed E-state index contributed by atoms with van der Waals surface area (Å²) in [6, 6.07) is 20.6. The van der Waals surface area contributed by atoms with Gasteiger partial charge >= 0.3 is 0 Å². The van der Waals surface area contributed by atoms with Crippen LogP contribution in [0.5, 0.6) is 0 Å². The van der Waals surface area contributed by atoms with Crippen LogP contribution < -0.4 is 0 Å². The summed E-state index contributed by atoms with van der Waals surface area (Å²) in [5.41, 5.74) is 2.44. The molecule has 0 heterocycles. The van der Waals surface area contributed by atoms with E-state index in [0.717, 1.165) is 0 Å². The van der Waals surface area contributed by atoms with Crippen LogP contribution in [0.2, 0.25) is 0 Å². The molecule has 0 saturated heterocycles. The molecule has 0 saturated carbocycles. The zero-order valence-electron chi connectivity index (χ0n) is 9.44. The van der Waals surface area contributed by atoms with Crippen molar-refractivity contribution in [3.63, 3.8) is 0 Å². The molecule has 2 aromatic rings. The number of hydrogen-bond acceptors (Lipinski definition) is 0. The number of rotatable bonds is 3. The van der Waals surface area contributed by atoms with Gasteiger partial charge in [-0.1, -0.05) is 85.0 Å². The number of allylic oxidation sites excluding steroid dienone is 2. The summed E-state index contributed by atoms with van der Waals surface area (Å²) in [6.07, 6.45) is 8.31. The van der Waals surface area contributed by atoms with Crippen molar-refractivity contribution in [2.45, 2.75) is 0 Å². The second-order valence-electron chi connectivity index (χ2n) is 3.54. The minimum absolute atomic E-state index is 0. The molecule has 0 N–H and O–H groups in total. The molecular formula is C16H14Fe. The van der Waals surface area contributed by atoms with E-state index in [-0.39, 0.29) is 17.1 Å².